The lowest BCUT2D eigenvalue weighted by molar-refractivity contribution is 0.0942. The van der Waals surface area contributed by atoms with Gasteiger partial charge in [-0.1, -0.05) is 37.2 Å². The Morgan fingerprint density at radius 2 is 1.77 bits per heavy atom. The van der Waals surface area contributed by atoms with Crippen molar-refractivity contribution in [2.24, 2.45) is 5.92 Å². The Kier molecular flexibility index (Phi) is 7.54. The molecule has 1 N–H and O–H groups in total. The number of ether oxygens (including phenoxy) is 1. The minimum atomic E-state index is -0.379. The van der Waals surface area contributed by atoms with Gasteiger partial charge in [-0.2, -0.15) is 5.10 Å². The third-order valence-electron chi connectivity index (χ3n) is 6.15. The normalized spacial score (nSPS) is 11.1. The Morgan fingerprint density at radius 3 is 2.49 bits per heavy atom. The van der Waals surface area contributed by atoms with E-state index in [1.54, 1.807) is 29.8 Å². The summed E-state index contributed by atoms with van der Waals surface area (Å²) in [5.74, 6) is 1.03. The van der Waals surface area contributed by atoms with Crippen LogP contribution in [0, 0.1) is 18.7 Å². The molecule has 0 atom stereocenters. The lowest BCUT2D eigenvalue weighted by Gasteiger charge is -2.08. The van der Waals surface area contributed by atoms with Crippen LogP contribution in [0.2, 0.25) is 0 Å². The summed E-state index contributed by atoms with van der Waals surface area (Å²) in [6.07, 6.45) is 1.86. The van der Waals surface area contributed by atoms with E-state index < -0.39 is 0 Å². The largest absolute Gasteiger partial charge is 0.493 e. The highest BCUT2D eigenvalue weighted by Crippen LogP contribution is 2.27. The molecule has 0 fully saturated rings. The van der Waals surface area contributed by atoms with E-state index in [0.717, 1.165) is 28.1 Å². The van der Waals surface area contributed by atoms with Gasteiger partial charge in [-0.05, 0) is 73.0 Å². The molecule has 3 aromatic carbocycles. The summed E-state index contributed by atoms with van der Waals surface area (Å²) in [4.78, 5) is 13.0. The average molecular weight is 525 g/mol. The first-order valence-corrected chi connectivity index (χ1v) is 12.8. The molecule has 7 nitrogen and oxygen atoms in total. The first kappa shape index (κ1) is 25.9. The Labute approximate surface area is 226 Å². The van der Waals surface area contributed by atoms with Gasteiger partial charge in [0.15, 0.2) is 11.5 Å². The van der Waals surface area contributed by atoms with Crippen molar-refractivity contribution in [3.8, 4) is 34.0 Å². The second kappa shape index (κ2) is 11.3. The van der Waals surface area contributed by atoms with Crippen LogP contribution in [0.4, 0.5) is 4.39 Å². The van der Waals surface area contributed by atoms with E-state index >= 15 is 0 Å². The number of para-hydroxylation sites is 1. The highest BCUT2D eigenvalue weighted by Gasteiger charge is 2.17. The molecule has 39 heavy (non-hydrogen) atoms. The minimum Gasteiger partial charge on any atom is -0.493 e. The highest BCUT2D eigenvalue weighted by molar-refractivity contribution is 5.93. The van der Waals surface area contributed by atoms with Gasteiger partial charge in [0, 0.05) is 35.5 Å². The van der Waals surface area contributed by atoms with Crippen molar-refractivity contribution in [1.29, 1.82) is 0 Å². The van der Waals surface area contributed by atoms with Crippen LogP contribution in [-0.2, 0) is 6.54 Å². The number of carbonyl (C=O) groups is 1. The number of halogens is 1. The van der Waals surface area contributed by atoms with Gasteiger partial charge >= 0.3 is 0 Å². The summed E-state index contributed by atoms with van der Waals surface area (Å²) < 4.78 is 26.8. The molecule has 5 rings (SSSR count). The van der Waals surface area contributed by atoms with Crippen molar-refractivity contribution >= 4 is 5.91 Å². The lowest BCUT2D eigenvalue weighted by Crippen LogP contribution is -2.23. The highest BCUT2D eigenvalue weighted by atomic mass is 19.1. The minimum absolute atomic E-state index is 0.166. The van der Waals surface area contributed by atoms with Gasteiger partial charge in [0.1, 0.15) is 11.6 Å². The smallest absolute Gasteiger partial charge is 0.273 e. The molecule has 2 heterocycles. The van der Waals surface area contributed by atoms with Crippen molar-refractivity contribution in [3.63, 3.8) is 0 Å². The number of nitrogens with zero attached hydrogens (tertiary/aromatic N) is 3. The number of carbonyl (C=O) groups excluding carboxylic acids is 1. The number of hydrogen-bond donors (Lipinski definition) is 1. The van der Waals surface area contributed by atoms with Gasteiger partial charge in [0.05, 0.1) is 18.0 Å². The fourth-order valence-electron chi connectivity index (χ4n) is 4.05. The quantitative estimate of drug-likeness (QED) is 0.235. The van der Waals surface area contributed by atoms with Gasteiger partial charge < -0.3 is 14.6 Å². The van der Waals surface area contributed by atoms with E-state index in [-0.39, 0.29) is 24.0 Å². The van der Waals surface area contributed by atoms with Crippen LogP contribution >= 0.6 is 0 Å². The first-order chi connectivity index (χ1) is 18.9. The number of amides is 1. The molecule has 0 saturated carbocycles. The summed E-state index contributed by atoms with van der Waals surface area (Å²) in [5.41, 5.74) is 4.54. The molecule has 0 aliphatic heterocycles. The Bertz CT molecular complexity index is 1570. The van der Waals surface area contributed by atoms with E-state index in [1.807, 2.05) is 60.8 Å². The van der Waals surface area contributed by atoms with E-state index in [2.05, 4.69) is 24.3 Å². The molecule has 0 radical (unpaired) electrons. The molecule has 8 heteroatoms. The van der Waals surface area contributed by atoms with Crippen LogP contribution in [0.15, 0.2) is 89.6 Å². The van der Waals surface area contributed by atoms with Gasteiger partial charge in [0.2, 0.25) is 0 Å². The molecule has 0 unspecified atom stereocenters. The fourth-order valence-corrected chi connectivity index (χ4v) is 4.05. The number of nitrogens with one attached hydrogen (secondary N) is 1. The van der Waals surface area contributed by atoms with Crippen molar-refractivity contribution < 1.29 is 18.4 Å². The number of hydrogen-bond acceptors (Lipinski definition) is 5. The van der Waals surface area contributed by atoms with E-state index in [9.17, 15) is 9.18 Å². The lowest BCUT2D eigenvalue weighted by atomic mass is 10.1. The molecule has 2 aromatic heterocycles. The number of aryl methyl sites for hydroxylation is 1. The van der Waals surface area contributed by atoms with E-state index in [4.69, 9.17) is 14.4 Å². The molecule has 0 aliphatic carbocycles. The van der Waals surface area contributed by atoms with Crippen LogP contribution < -0.4 is 10.1 Å². The van der Waals surface area contributed by atoms with Crippen LogP contribution in [0.25, 0.3) is 28.3 Å². The summed E-state index contributed by atoms with van der Waals surface area (Å²) in [7, 11) is 0. The van der Waals surface area contributed by atoms with Crippen LogP contribution in [0.5, 0.6) is 5.75 Å². The summed E-state index contributed by atoms with van der Waals surface area (Å²) in [6.45, 7) is 6.73. The number of rotatable bonds is 9. The third-order valence-corrected chi connectivity index (χ3v) is 6.15. The molecule has 0 saturated heterocycles. The van der Waals surface area contributed by atoms with E-state index in [0.29, 0.717) is 29.5 Å². The maximum absolute atomic E-state index is 13.9. The van der Waals surface area contributed by atoms with Gasteiger partial charge in [-0.15, -0.1) is 0 Å². The summed E-state index contributed by atoms with van der Waals surface area (Å²) in [6, 6.07) is 23.6. The number of benzene rings is 3. The Hall–Kier alpha value is -4.72. The molecule has 198 valence electrons. The maximum atomic E-state index is 13.9. The van der Waals surface area contributed by atoms with Crippen LogP contribution in [0.3, 0.4) is 0 Å². The number of aromatic nitrogens is 3. The maximum Gasteiger partial charge on any atom is 0.273 e. The van der Waals surface area contributed by atoms with Crippen molar-refractivity contribution in [2.45, 2.75) is 27.3 Å². The second-order valence-electron chi connectivity index (χ2n) is 9.74. The predicted molar refractivity (Wildman–Crippen MR) is 147 cm³/mol. The molecular formula is C31H29FN4O3. The van der Waals surface area contributed by atoms with E-state index in [1.165, 1.54) is 6.07 Å². The SMILES string of the molecule is Cc1cc(-c2nn(-c3ccccc3)cc2CNC(=O)c2cc(-c3ccc(OCC(C)C)cc3)on2)ccc1F. The van der Waals surface area contributed by atoms with Crippen molar-refractivity contribution in [1.82, 2.24) is 20.3 Å². The molecule has 0 spiro atoms. The molecule has 0 bridgehead atoms. The molecule has 5 aromatic rings. The Morgan fingerprint density at radius 1 is 1.03 bits per heavy atom. The van der Waals surface area contributed by atoms with Gasteiger partial charge in [-0.25, -0.2) is 9.07 Å². The monoisotopic (exact) mass is 524 g/mol. The Balaban J connectivity index is 1.33. The zero-order valence-corrected chi connectivity index (χ0v) is 22.0. The molecule has 1 amide bonds. The summed E-state index contributed by atoms with van der Waals surface area (Å²) in [5, 5.41) is 11.6. The topological polar surface area (TPSA) is 82.2 Å². The van der Waals surface area contributed by atoms with Crippen LogP contribution in [-0.4, -0.2) is 27.5 Å². The zero-order valence-electron chi connectivity index (χ0n) is 22.0. The molecule has 0 aliphatic rings. The molecular weight excluding hydrogens is 495 g/mol. The van der Waals surface area contributed by atoms with Crippen molar-refractivity contribution in [3.05, 3.63) is 108 Å². The zero-order chi connectivity index (χ0) is 27.4. The van der Waals surface area contributed by atoms with Gasteiger partial charge in [-0.3, -0.25) is 4.79 Å². The fraction of sp³-hybridized carbons (Fsp3) is 0.194. The summed E-state index contributed by atoms with van der Waals surface area (Å²) >= 11 is 0. The first-order valence-electron chi connectivity index (χ1n) is 12.8. The average Bonchev–Trinajstić information content (AvgIpc) is 3.61. The standard InChI is InChI=1S/C31H29FN4O3/c1-20(2)19-38-26-12-9-22(10-13-26)29-16-28(35-39-29)31(37)33-17-24-18-36(25-7-5-4-6-8-25)34-30(24)23-11-14-27(32)21(3)15-23/h4-16,18,20H,17,19H2,1-3H3,(H,33,37). The van der Waals surface area contributed by atoms with Gasteiger partial charge in [0.25, 0.3) is 5.91 Å². The van der Waals surface area contributed by atoms with Crippen molar-refractivity contribution in [2.75, 3.05) is 6.61 Å². The third kappa shape index (κ3) is 6.06. The second-order valence-corrected chi connectivity index (χ2v) is 9.74. The predicted octanol–water partition coefficient (Wildman–Crippen LogP) is 6.61. The van der Waals surface area contributed by atoms with Crippen LogP contribution in [0.1, 0.15) is 35.5 Å².